The summed E-state index contributed by atoms with van der Waals surface area (Å²) >= 11 is 0. The zero-order chi connectivity index (χ0) is 18.1. The van der Waals surface area contributed by atoms with Crippen molar-refractivity contribution in [2.45, 2.75) is 32.4 Å². The molecular formula is C19H19N5O2. The fourth-order valence-electron chi connectivity index (χ4n) is 3.17. The number of amides is 2. The van der Waals surface area contributed by atoms with Crippen LogP contribution in [0, 0.1) is 6.92 Å². The fraction of sp³-hybridized carbons (Fsp3) is 0.263. The van der Waals surface area contributed by atoms with E-state index < -0.39 is 6.04 Å². The SMILES string of the molecule is Cc1ccc(CN2C(=O)CC[C@@H]2C(=O)Nc2nc3ccccn3n2)cc1. The number of rotatable bonds is 4. The van der Waals surface area contributed by atoms with Crippen LogP contribution in [0.2, 0.25) is 0 Å². The number of carbonyl (C=O) groups excluding carboxylic acids is 2. The van der Waals surface area contributed by atoms with Crippen LogP contribution in [0.15, 0.2) is 48.7 Å². The highest BCUT2D eigenvalue weighted by Gasteiger charge is 2.36. The van der Waals surface area contributed by atoms with Gasteiger partial charge in [-0.2, -0.15) is 4.98 Å². The second kappa shape index (κ2) is 6.59. The van der Waals surface area contributed by atoms with Crippen molar-refractivity contribution in [1.29, 1.82) is 0 Å². The van der Waals surface area contributed by atoms with E-state index in [2.05, 4.69) is 15.4 Å². The second-order valence-electron chi connectivity index (χ2n) is 6.49. The number of hydrogen-bond acceptors (Lipinski definition) is 4. The van der Waals surface area contributed by atoms with Crippen molar-refractivity contribution in [2.24, 2.45) is 0 Å². The first-order valence-electron chi connectivity index (χ1n) is 8.57. The Labute approximate surface area is 150 Å². The Bertz CT molecular complexity index is 930. The maximum absolute atomic E-state index is 12.7. The summed E-state index contributed by atoms with van der Waals surface area (Å²) in [5.74, 6) is -0.0108. The predicted molar refractivity (Wildman–Crippen MR) is 96.4 cm³/mol. The molecule has 7 nitrogen and oxygen atoms in total. The maximum Gasteiger partial charge on any atom is 0.249 e. The van der Waals surface area contributed by atoms with E-state index in [9.17, 15) is 9.59 Å². The van der Waals surface area contributed by atoms with Gasteiger partial charge in [-0.15, -0.1) is 5.10 Å². The van der Waals surface area contributed by atoms with E-state index in [0.29, 0.717) is 25.0 Å². The minimum atomic E-state index is -0.504. The third kappa shape index (κ3) is 3.15. The molecule has 0 bridgehead atoms. The van der Waals surface area contributed by atoms with Gasteiger partial charge in [0.15, 0.2) is 5.65 Å². The van der Waals surface area contributed by atoms with Crippen LogP contribution in [0.3, 0.4) is 0 Å². The monoisotopic (exact) mass is 349 g/mol. The van der Waals surface area contributed by atoms with E-state index in [1.54, 1.807) is 15.6 Å². The van der Waals surface area contributed by atoms with Gasteiger partial charge in [-0.3, -0.25) is 14.9 Å². The Balaban J connectivity index is 1.50. The molecule has 7 heteroatoms. The molecule has 0 saturated carbocycles. The normalized spacial score (nSPS) is 17.0. The molecule has 1 aliphatic rings. The molecule has 2 amide bonds. The second-order valence-corrected chi connectivity index (χ2v) is 6.49. The average Bonchev–Trinajstić information content (AvgIpc) is 3.20. The van der Waals surface area contributed by atoms with Gasteiger partial charge in [0.25, 0.3) is 0 Å². The quantitative estimate of drug-likeness (QED) is 0.783. The van der Waals surface area contributed by atoms with Crippen LogP contribution in [0.4, 0.5) is 5.95 Å². The number of likely N-dealkylation sites (tertiary alicyclic amines) is 1. The van der Waals surface area contributed by atoms with Gasteiger partial charge >= 0.3 is 0 Å². The van der Waals surface area contributed by atoms with E-state index in [1.807, 2.05) is 49.4 Å². The molecule has 0 aliphatic carbocycles. The lowest BCUT2D eigenvalue weighted by molar-refractivity contribution is -0.133. The van der Waals surface area contributed by atoms with Gasteiger partial charge in [0.05, 0.1) is 0 Å². The number of aromatic nitrogens is 3. The standard InChI is InChI=1S/C19H19N5O2/c1-13-5-7-14(8-6-13)12-23-15(9-10-17(23)25)18(26)21-19-20-16-4-2-3-11-24(16)22-19/h2-8,11,15H,9-10,12H2,1H3,(H,21,22,26)/t15-/m1/s1. The van der Waals surface area contributed by atoms with Crippen LogP contribution in [-0.2, 0) is 16.1 Å². The summed E-state index contributed by atoms with van der Waals surface area (Å²) < 4.78 is 1.60. The molecular weight excluding hydrogens is 330 g/mol. The van der Waals surface area contributed by atoms with Gasteiger partial charge in [-0.25, -0.2) is 4.52 Å². The van der Waals surface area contributed by atoms with Gasteiger partial charge in [-0.1, -0.05) is 35.9 Å². The van der Waals surface area contributed by atoms with E-state index in [0.717, 1.165) is 11.1 Å². The molecule has 3 heterocycles. The Kier molecular flexibility index (Phi) is 4.12. The minimum absolute atomic E-state index is 0.00585. The van der Waals surface area contributed by atoms with Crippen LogP contribution < -0.4 is 5.32 Å². The van der Waals surface area contributed by atoms with Crippen LogP contribution in [0.1, 0.15) is 24.0 Å². The first kappa shape index (κ1) is 16.3. The molecule has 0 spiro atoms. The average molecular weight is 349 g/mol. The highest BCUT2D eigenvalue weighted by atomic mass is 16.2. The van der Waals surface area contributed by atoms with Crippen molar-refractivity contribution < 1.29 is 9.59 Å². The number of benzene rings is 1. The number of pyridine rings is 1. The highest BCUT2D eigenvalue weighted by molar-refractivity contribution is 5.98. The number of hydrogen-bond donors (Lipinski definition) is 1. The van der Waals surface area contributed by atoms with Gasteiger partial charge in [0.2, 0.25) is 17.8 Å². The first-order valence-corrected chi connectivity index (χ1v) is 8.57. The molecule has 4 rings (SSSR count). The largest absolute Gasteiger partial charge is 0.326 e. The van der Waals surface area contributed by atoms with Crippen molar-refractivity contribution in [3.63, 3.8) is 0 Å². The third-order valence-corrected chi connectivity index (χ3v) is 4.58. The minimum Gasteiger partial charge on any atom is -0.326 e. The summed E-state index contributed by atoms with van der Waals surface area (Å²) in [5.41, 5.74) is 2.82. The van der Waals surface area contributed by atoms with Crippen LogP contribution in [-0.4, -0.2) is 37.4 Å². The number of nitrogens with one attached hydrogen (secondary N) is 1. The molecule has 1 atom stereocenters. The lowest BCUT2D eigenvalue weighted by Gasteiger charge is -2.23. The molecule has 0 radical (unpaired) electrons. The van der Waals surface area contributed by atoms with Crippen LogP contribution in [0.5, 0.6) is 0 Å². The number of nitrogens with zero attached hydrogens (tertiary/aromatic N) is 4. The number of fused-ring (bicyclic) bond motifs is 1. The van der Waals surface area contributed by atoms with Crippen molar-refractivity contribution in [2.75, 3.05) is 5.32 Å². The van der Waals surface area contributed by atoms with Gasteiger partial charge < -0.3 is 4.90 Å². The van der Waals surface area contributed by atoms with E-state index >= 15 is 0 Å². The van der Waals surface area contributed by atoms with Crippen molar-refractivity contribution in [1.82, 2.24) is 19.5 Å². The van der Waals surface area contributed by atoms with E-state index in [1.165, 1.54) is 0 Å². The zero-order valence-corrected chi connectivity index (χ0v) is 14.4. The summed E-state index contributed by atoms with van der Waals surface area (Å²) in [4.78, 5) is 30.9. The van der Waals surface area contributed by atoms with Crippen molar-refractivity contribution >= 4 is 23.4 Å². The Hall–Kier alpha value is -3.22. The lowest BCUT2D eigenvalue weighted by atomic mass is 10.1. The van der Waals surface area contributed by atoms with Gasteiger partial charge in [-0.05, 0) is 31.0 Å². The summed E-state index contributed by atoms with van der Waals surface area (Å²) in [7, 11) is 0. The fourth-order valence-corrected chi connectivity index (χ4v) is 3.17. The summed E-state index contributed by atoms with van der Waals surface area (Å²) in [6.07, 6.45) is 2.65. The summed E-state index contributed by atoms with van der Waals surface area (Å²) in [6, 6.07) is 13.0. The Morgan fingerprint density at radius 2 is 2.04 bits per heavy atom. The predicted octanol–water partition coefficient (Wildman–Crippen LogP) is 2.17. The summed E-state index contributed by atoms with van der Waals surface area (Å²) in [5, 5.41) is 6.97. The molecule has 1 aromatic carbocycles. The van der Waals surface area contributed by atoms with E-state index in [-0.39, 0.29) is 17.8 Å². The molecule has 2 aromatic heterocycles. The molecule has 1 fully saturated rings. The smallest absolute Gasteiger partial charge is 0.249 e. The number of anilines is 1. The maximum atomic E-state index is 12.7. The molecule has 3 aromatic rings. The third-order valence-electron chi connectivity index (χ3n) is 4.58. The number of carbonyl (C=O) groups is 2. The summed E-state index contributed by atoms with van der Waals surface area (Å²) in [6.45, 7) is 2.44. The van der Waals surface area contributed by atoms with Crippen molar-refractivity contribution in [3.05, 3.63) is 59.8 Å². The first-order chi connectivity index (χ1) is 12.6. The molecule has 1 saturated heterocycles. The Morgan fingerprint density at radius 1 is 1.23 bits per heavy atom. The van der Waals surface area contributed by atoms with Crippen LogP contribution in [0.25, 0.3) is 5.65 Å². The topological polar surface area (TPSA) is 79.6 Å². The molecule has 0 unspecified atom stereocenters. The molecule has 1 aliphatic heterocycles. The zero-order valence-electron chi connectivity index (χ0n) is 14.4. The lowest BCUT2D eigenvalue weighted by Crippen LogP contribution is -2.41. The van der Waals surface area contributed by atoms with Gasteiger partial charge in [0, 0.05) is 19.2 Å². The number of aryl methyl sites for hydroxylation is 1. The molecule has 1 N–H and O–H groups in total. The van der Waals surface area contributed by atoms with Gasteiger partial charge in [0.1, 0.15) is 6.04 Å². The van der Waals surface area contributed by atoms with Crippen LogP contribution >= 0.6 is 0 Å². The molecule has 26 heavy (non-hydrogen) atoms. The highest BCUT2D eigenvalue weighted by Crippen LogP contribution is 2.23. The van der Waals surface area contributed by atoms with E-state index in [4.69, 9.17) is 0 Å². The Morgan fingerprint density at radius 3 is 2.81 bits per heavy atom. The van der Waals surface area contributed by atoms with Crippen molar-refractivity contribution in [3.8, 4) is 0 Å². The molecule has 132 valence electrons.